The Hall–Kier alpha value is -3.39. The predicted octanol–water partition coefficient (Wildman–Crippen LogP) is 3.03. The van der Waals surface area contributed by atoms with Crippen molar-refractivity contribution in [2.24, 2.45) is 0 Å². The van der Waals surface area contributed by atoms with Crippen LogP contribution in [0.3, 0.4) is 0 Å². The lowest BCUT2D eigenvalue weighted by Gasteiger charge is -2.43. The summed E-state index contributed by atoms with van der Waals surface area (Å²) in [5.41, 5.74) is 2.12. The average molecular weight is 490 g/mol. The Kier molecular flexibility index (Phi) is 6.47. The fourth-order valence-corrected chi connectivity index (χ4v) is 5.33. The van der Waals surface area contributed by atoms with E-state index in [2.05, 4.69) is 27.0 Å². The second kappa shape index (κ2) is 9.58. The second-order valence-electron chi connectivity index (χ2n) is 10.5. The van der Waals surface area contributed by atoms with Gasteiger partial charge in [-0.05, 0) is 56.9 Å². The van der Waals surface area contributed by atoms with Crippen LogP contribution in [0.1, 0.15) is 43.4 Å². The van der Waals surface area contributed by atoms with Crippen LogP contribution in [-0.4, -0.2) is 51.0 Å². The van der Waals surface area contributed by atoms with Crippen molar-refractivity contribution < 1.29 is 4.74 Å². The summed E-state index contributed by atoms with van der Waals surface area (Å²) in [4.78, 5) is 30.5. The summed E-state index contributed by atoms with van der Waals surface area (Å²) >= 11 is 0. The molecule has 0 aliphatic carbocycles. The van der Waals surface area contributed by atoms with Crippen molar-refractivity contribution in [3.8, 4) is 5.75 Å². The summed E-state index contributed by atoms with van der Waals surface area (Å²) < 4.78 is 8.65. The first-order valence-electron chi connectivity index (χ1n) is 12.7. The maximum Gasteiger partial charge on any atom is 0.333 e. The lowest BCUT2D eigenvalue weighted by Crippen LogP contribution is -2.53. The van der Waals surface area contributed by atoms with Crippen molar-refractivity contribution in [2.75, 3.05) is 25.0 Å². The zero-order valence-electron chi connectivity index (χ0n) is 21.6. The molecule has 8 nitrogen and oxygen atoms in total. The molecule has 8 heteroatoms. The molecule has 0 N–H and O–H groups in total. The number of hydrogen-bond donors (Lipinski definition) is 0. The van der Waals surface area contributed by atoms with E-state index in [0.717, 1.165) is 49.4 Å². The zero-order valence-corrected chi connectivity index (χ0v) is 21.6. The van der Waals surface area contributed by atoms with Gasteiger partial charge in [0.05, 0.1) is 24.7 Å². The monoisotopic (exact) mass is 489 g/mol. The van der Waals surface area contributed by atoms with Gasteiger partial charge in [-0.3, -0.25) is 19.1 Å². The minimum absolute atomic E-state index is 0.165. The molecule has 2 aliphatic rings. The van der Waals surface area contributed by atoms with Gasteiger partial charge >= 0.3 is 11.1 Å². The third-order valence-electron chi connectivity index (χ3n) is 7.52. The summed E-state index contributed by atoms with van der Waals surface area (Å²) in [6.07, 6.45) is 1.98. The molecule has 0 amide bonds. The highest BCUT2D eigenvalue weighted by Gasteiger charge is 2.46. The Bertz CT molecular complexity index is 1330. The molecule has 2 aliphatic heterocycles. The molecule has 2 aromatic carbocycles. The number of fused-ring (bicyclic) bond motifs is 1. The van der Waals surface area contributed by atoms with E-state index >= 15 is 0 Å². The highest BCUT2D eigenvalue weighted by Crippen LogP contribution is 2.37. The van der Waals surface area contributed by atoms with Crippen LogP contribution in [0.25, 0.3) is 0 Å². The quantitative estimate of drug-likeness (QED) is 0.496. The molecule has 3 heterocycles. The van der Waals surface area contributed by atoms with Crippen molar-refractivity contribution in [3.63, 3.8) is 0 Å². The van der Waals surface area contributed by atoms with Crippen molar-refractivity contribution in [1.82, 2.24) is 19.2 Å². The van der Waals surface area contributed by atoms with E-state index < -0.39 is 11.1 Å². The highest BCUT2D eigenvalue weighted by atomic mass is 16.5. The molecule has 1 saturated heterocycles. The van der Waals surface area contributed by atoms with Crippen molar-refractivity contribution >= 4 is 5.95 Å². The first-order chi connectivity index (χ1) is 17.2. The average Bonchev–Trinajstić information content (AvgIpc) is 3.12. The Morgan fingerprint density at radius 2 is 1.53 bits per heavy atom. The Morgan fingerprint density at radius 1 is 0.917 bits per heavy atom. The minimum Gasteiger partial charge on any atom is -0.491 e. The standard InChI is InChI=1S/C28H35N5O3/c1-20(2)36-24-11-9-22(10-12-24)17-31-15-13-28(14-16-31)19-32-25(34)26(35)33(29-27(32)30(28)4)18-23-7-5-21(3)6-8-23/h5-12,20H,13-19H2,1-4H3. The molecule has 0 atom stereocenters. The fraction of sp³-hybridized carbons (Fsp3) is 0.464. The van der Waals surface area contributed by atoms with Crippen molar-refractivity contribution in [3.05, 3.63) is 85.9 Å². The van der Waals surface area contributed by atoms with Crippen LogP contribution in [-0.2, 0) is 19.6 Å². The number of rotatable bonds is 6. The van der Waals surface area contributed by atoms with Gasteiger partial charge in [-0.25, -0.2) is 4.68 Å². The molecule has 3 aromatic rings. The second-order valence-corrected chi connectivity index (χ2v) is 10.5. The van der Waals surface area contributed by atoms with E-state index in [9.17, 15) is 9.59 Å². The number of aryl methyl sites for hydroxylation is 1. The third kappa shape index (κ3) is 4.69. The SMILES string of the molecule is Cc1ccc(Cn2nc3n(c(=O)c2=O)CC2(CCN(Cc4ccc(OC(C)C)cc4)CC2)N3C)cc1. The lowest BCUT2D eigenvalue weighted by molar-refractivity contribution is 0.149. The van der Waals surface area contributed by atoms with Gasteiger partial charge in [0.1, 0.15) is 5.75 Å². The van der Waals surface area contributed by atoms with E-state index in [-0.39, 0.29) is 18.2 Å². The summed E-state index contributed by atoms with van der Waals surface area (Å²) in [6, 6.07) is 16.3. The molecule has 1 fully saturated rings. The number of likely N-dealkylation sites (tertiary alicyclic amines) is 1. The van der Waals surface area contributed by atoms with Gasteiger partial charge < -0.3 is 9.64 Å². The Balaban J connectivity index is 1.28. The molecular weight excluding hydrogens is 454 g/mol. The van der Waals surface area contributed by atoms with E-state index in [1.165, 1.54) is 10.2 Å². The van der Waals surface area contributed by atoms with Gasteiger partial charge in [-0.15, -0.1) is 5.10 Å². The van der Waals surface area contributed by atoms with Gasteiger partial charge in [-0.1, -0.05) is 42.0 Å². The normalized spacial score (nSPS) is 17.1. The fourth-order valence-electron chi connectivity index (χ4n) is 5.33. The molecule has 1 spiro atoms. The van der Waals surface area contributed by atoms with Crippen LogP contribution in [0.4, 0.5) is 5.95 Å². The Morgan fingerprint density at radius 3 is 2.17 bits per heavy atom. The van der Waals surface area contributed by atoms with Crippen LogP contribution in [0.5, 0.6) is 5.75 Å². The topological polar surface area (TPSA) is 72.6 Å². The minimum atomic E-state index is -0.563. The zero-order chi connectivity index (χ0) is 25.4. The first-order valence-corrected chi connectivity index (χ1v) is 12.7. The number of benzene rings is 2. The molecule has 0 saturated carbocycles. The summed E-state index contributed by atoms with van der Waals surface area (Å²) in [5.74, 6) is 1.48. The maximum atomic E-state index is 13.0. The molecule has 0 unspecified atom stereocenters. The number of piperidine rings is 1. The van der Waals surface area contributed by atoms with Crippen molar-refractivity contribution in [1.29, 1.82) is 0 Å². The summed E-state index contributed by atoms with van der Waals surface area (Å²) in [7, 11) is 2.01. The number of nitrogens with zero attached hydrogens (tertiary/aromatic N) is 5. The van der Waals surface area contributed by atoms with Crippen LogP contribution in [0.2, 0.25) is 0 Å². The Labute approximate surface area is 211 Å². The molecular formula is C28H35N5O3. The van der Waals surface area contributed by atoms with Gasteiger partial charge in [0.2, 0.25) is 5.95 Å². The number of hydrogen-bond acceptors (Lipinski definition) is 6. The molecule has 190 valence electrons. The van der Waals surface area contributed by atoms with Gasteiger partial charge in [0, 0.05) is 26.7 Å². The molecule has 0 bridgehead atoms. The van der Waals surface area contributed by atoms with E-state index in [1.54, 1.807) is 4.57 Å². The predicted molar refractivity (Wildman–Crippen MR) is 141 cm³/mol. The number of ether oxygens (including phenoxy) is 1. The van der Waals surface area contributed by atoms with E-state index in [4.69, 9.17) is 4.74 Å². The van der Waals surface area contributed by atoms with Crippen LogP contribution in [0, 0.1) is 6.92 Å². The van der Waals surface area contributed by atoms with Gasteiger partial charge in [-0.2, -0.15) is 0 Å². The van der Waals surface area contributed by atoms with Crippen LogP contribution in [0.15, 0.2) is 58.1 Å². The highest BCUT2D eigenvalue weighted by molar-refractivity contribution is 5.40. The van der Waals surface area contributed by atoms with E-state index in [0.29, 0.717) is 12.5 Å². The molecule has 5 rings (SSSR count). The molecule has 36 heavy (non-hydrogen) atoms. The molecule has 0 radical (unpaired) electrons. The summed E-state index contributed by atoms with van der Waals surface area (Å²) in [5, 5.41) is 4.64. The van der Waals surface area contributed by atoms with Crippen molar-refractivity contribution in [2.45, 2.75) is 64.9 Å². The number of likely N-dealkylation sites (N-methyl/N-ethyl adjacent to an activating group) is 1. The third-order valence-corrected chi connectivity index (χ3v) is 7.52. The number of anilines is 1. The maximum absolute atomic E-state index is 13.0. The van der Waals surface area contributed by atoms with Crippen LogP contribution >= 0.6 is 0 Å². The lowest BCUT2D eigenvalue weighted by atomic mass is 9.87. The first kappa shape index (κ1) is 24.3. The van der Waals surface area contributed by atoms with Gasteiger partial charge in [0.15, 0.2) is 0 Å². The van der Waals surface area contributed by atoms with Crippen LogP contribution < -0.4 is 20.8 Å². The smallest absolute Gasteiger partial charge is 0.333 e. The molecule has 1 aromatic heterocycles. The summed E-state index contributed by atoms with van der Waals surface area (Å²) in [6.45, 7) is 9.61. The van der Waals surface area contributed by atoms with E-state index in [1.807, 2.05) is 64.2 Å². The van der Waals surface area contributed by atoms with Gasteiger partial charge in [0.25, 0.3) is 0 Å². The largest absolute Gasteiger partial charge is 0.491 e. The number of aromatic nitrogens is 3.